The fourth-order valence-electron chi connectivity index (χ4n) is 2.71. The van der Waals surface area contributed by atoms with Crippen LogP contribution >= 0.6 is 0 Å². The van der Waals surface area contributed by atoms with E-state index in [0.717, 1.165) is 5.56 Å². The predicted molar refractivity (Wildman–Crippen MR) is 108 cm³/mol. The lowest BCUT2D eigenvalue weighted by Gasteiger charge is -2.07. The Morgan fingerprint density at radius 1 is 0.966 bits per heavy atom. The monoisotopic (exact) mass is 412 g/mol. The highest BCUT2D eigenvalue weighted by atomic mass is 32.2. The van der Waals surface area contributed by atoms with Crippen molar-refractivity contribution in [3.63, 3.8) is 0 Å². The van der Waals surface area contributed by atoms with Crippen molar-refractivity contribution in [2.45, 2.75) is 24.1 Å². The summed E-state index contributed by atoms with van der Waals surface area (Å²) in [6.07, 6.45) is 0. The molecule has 0 unspecified atom stereocenters. The van der Waals surface area contributed by atoms with Gasteiger partial charge >= 0.3 is 0 Å². The van der Waals surface area contributed by atoms with Gasteiger partial charge in [0.15, 0.2) is 15.6 Å². The number of rotatable bonds is 7. The topological polar surface area (TPSA) is 105 Å². The second kappa shape index (κ2) is 8.74. The summed E-state index contributed by atoms with van der Waals surface area (Å²) in [5.74, 6) is -0.755. The fourth-order valence-corrected chi connectivity index (χ4v) is 3.98. The first-order valence-electron chi connectivity index (χ1n) is 8.85. The Morgan fingerprint density at radius 3 is 2.45 bits per heavy atom. The van der Waals surface area contributed by atoms with Gasteiger partial charge in [-0.05, 0) is 42.0 Å². The lowest BCUT2D eigenvalue weighted by molar-refractivity contribution is -0.114. The van der Waals surface area contributed by atoms with Crippen molar-refractivity contribution < 1.29 is 22.4 Å². The largest absolute Gasteiger partial charge is 0.455 e. The number of furan rings is 1. The van der Waals surface area contributed by atoms with Crippen LogP contribution in [0.15, 0.2) is 76.0 Å². The summed E-state index contributed by atoms with van der Waals surface area (Å²) >= 11 is 0. The minimum atomic E-state index is -3.56. The van der Waals surface area contributed by atoms with E-state index in [4.69, 9.17) is 4.42 Å². The summed E-state index contributed by atoms with van der Waals surface area (Å²) in [6, 6.07) is 18.1. The van der Waals surface area contributed by atoms with Gasteiger partial charge in [0.25, 0.3) is 5.91 Å². The number of carbonyl (C=O) groups excluding carboxylic acids is 2. The molecule has 0 aliphatic heterocycles. The van der Waals surface area contributed by atoms with Gasteiger partial charge in [0, 0.05) is 19.2 Å². The van der Waals surface area contributed by atoms with E-state index < -0.39 is 15.7 Å². The number of hydrogen-bond acceptors (Lipinski definition) is 5. The zero-order valence-corrected chi connectivity index (χ0v) is 16.5. The van der Waals surface area contributed by atoms with Crippen molar-refractivity contribution in [1.82, 2.24) is 5.32 Å². The Balaban J connectivity index is 1.62. The van der Waals surface area contributed by atoms with E-state index in [1.54, 1.807) is 36.4 Å². The zero-order chi connectivity index (χ0) is 20.9. The second-order valence-corrected chi connectivity index (χ2v) is 8.39. The number of nitrogens with one attached hydrogen (secondary N) is 2. The summed E-state index contributed by atoms with van der Waals surface area (Å²) in [7, 11) is -3.56. The average Bonchev–Trinajstić information content (AvgIpc) is 3.14. The van der Waals surface area contributed by atoms with E-state index in [2.05, 4.69) is 10.6 Å². The van der Waals surface area contributed by atoms with Crippen LogP contribution in [0.25, 0.3) is 0 Å². The number of anilines is 1. The van der Waals surface area contributed by atoms with Gasteiger partial charge in [-0.1, -0.05) is 30.3 Å². The number of amides is 2. The molecule has 0 fully saturated rings. The lowest BCUT2D eigenvalue weighted by Crippen LogP contribution is -2.22. The molecule has 1 aromatic heterocycles. The minimum absolute atomic E-state index is 0.0290. The zero-order valence-electron chi connectivity index (χ0n) is 15.7. The van der Waals surface area contributed by atoms with E-state index in [0.29, 0.717) is 5.69 Å². The summed E-state index contributed by atoms with van der Waals surface area (Å²) in [6.45, 7) is 1.64. The van der Waals surface area contributed by atoms with Crippen LogP contribution < -0.4 is 10.6 Å². The molecule has 0 aliphatic carbocycles. The third kappa shape index (κ3) is 5.55. The molecule has 2 N–H and O–H groups in total. The molecule has 3 rings (SSSR count). The fraction of sp³-hybridized carbons (Fsp3) is 0.143. The van der Waals surface area contributed by atoms with Crippen LogP contribution in [0.3, 0.4) is 0 Å². The first-order chi connectivity index (χ1) is 13.8. The van der Waals surface area contributed by atoms with Crippen LogP contribution in [-0.2, 0) is 26.9 Å². The number of carbonyl (C=O) groups is 2. The molecule has 0 saturated heterocycles. The van der Waals surface area contributed by atoms with E-state index >= 15 is 0 Å². The maximum absolute atomic E-state index is 12.4. The number of sulfone groups is 1. The molecule has 1 heterocycles. The Labute approximate surface area is 168 Å². The van der Waals surface area contributed by atoms with Crippen molar-refractivity contribution in [3.8, 4) is 0 Å². The van der Waals surface area contributed by atoms with Crippen LogP contribution in [0.5, 0.6) is 0 Å². The molecule has 0 aliphatic rings. The molecule has 29 heavy (non-hydrogen) atoms. The Morgan fingerprint density at radius 2 is 1.72 bits per heavy atom. The summed E-state index contributed by atoms with van der Waals surface area (Å²) in [5.41, 5.74) is 1.43. The molecule has 0 bridgehead atoms. The molecular weight excluding hydrogens is 392 g/mol. The van der Waals surface area contributed by atoms with Crippen LogP contribution in [-0.4, -0.2) is 20.2 Å². The first-order valence-corrected chi connectivity index (χ1v) is 10.5. The maximum Gasteiger partial charge on any atom is 0.287 e. The van der Waals surface area contributed by atoms with E-state index in [1.165, 1.54) is 31.2 Å². The van der Waals surface area contributed by atoms with Crippen molar-refractivity contribution >= 4 is 27.3 Å². The third-order valence-electron chi connectivity index (χ3n) is 4.02. The van der Waals surface area contributed by atoms with Crippen molar-refractivity contribution in [2.75, 3.05) is 5.32 Å². The molecule has 0 saturated carbocycles. The highest BCUT2D eigenvalue weighted by molar-refractivity contribution is 7.90. The predicted octanol–water partition coefficient (Wildman–Crippen LogP) is 3.14. The third-order valence-corrected chi connectivity index (χ3v) is 5.68. The quantitative estimate of drug-likeness (QED) is 0.620. The molecule has 7 nitrogen and oxygen atoms in total. The van der Waals surface area contributed by atoms with Crippen molar-refractivity contribution in [1.29, 1.82) is 0 Å². The second-order valence-electron chi connectivity index (χ2n) is 6.40. The molecule has 0 atom stereocenters. The Bertz CT molecular complexity index is 1120. The van der Waals surface area contributed by atoms with E-state index in [1.807, 2.05) is 6.07 Å². The van der Waals surface area contributed by atoms with Crippen LogP contribution in [0.4, 0.5) is 5.69 Å². The number of hydrogen-bond donors (Lipinski definition) is 2. The van der Waals surface area contributed by atoms with Crippen molar-refractivity contribution in [3.05, 3.63) is 83.8 Å². The summed E-state index contributed by atoms with van der Waals surface area (Å²) in [4.78, 5) is 23.6. The maximum atomic E-state index is 12.4. The van der Waals surface area contributed by atoms with Gasteiger partial charge in [0.2, 0.25) is 5.91 Å². The molecule has 8 heteroatoms. The standard InChI is InChI=1S/C21H20N2O5S/c1-15(24)23-17-7-5-6-16(12-17)13-22-21(25)20-11-10-18(28-20)14-29(26,27)19-8-3-2-4-9-19/h2-12H,13-14H2,1H3,(H,22,25)(H,23,24). The lowest BCUT2D eigenvalue weighted by atomic mass is 10.2. The van der Waals surface area contributed by atoms with Gasteiger partial charge in [-0.2, -0.15) is 0 Å². The van der Waals surface area contributed by atoms with Crippen LogP contribution in [0.2, 0.25) is 0 Å². The van der Waals surface area contributed by atoms with Gasteiger partial charge in [-0.25, -0.2) is 8.42 Å². The molecule has 0 radical (unpaired) electrons. The molecule has 2 aromatic carbocycles. The van der Waals surface area contributed by atoms with Crippen molar-refractivity contribution in [2.24, 2.45) is 0 Å². The normalized spacial score (nSPS) is 11.1. The number of benzene rings is 2. The molecular formula is C21H20N2O5S. The van der Waals surface area contributed by atoms with Gasteiger partial charge in [-0.3, -0.25) is 9.59 Å². The highest BCUT2D eigenvalue weighted by Crippen LogP contribution is 2.18. The van der Waals surface area contributed by atoms with E-state index in [9.17, 15) is 18.0 Å². The minimum Gasteiger partial charge on any atom is -0.455 e. The Hall–Kier alpha value is -3.39. The molecule has 0 spiro atoms. The van der Waals surface area contributed by atoms with Gasteiger partial charge in [0.05, 0.1) is 4.90 Å². The SMILES string of the molecule is CC(=O)Nc1cccc(CNC(=O)c2ccc(CS(=O)(=O)c3ccccc3)o2)c1. The van der Waals surface area contributed by atoms with E-state index in [-0.39, 0.29) is 34.6 Å². The van der Waals surface area contributed by atoms with Crippen LogP contribution in [0.1, 0.15) is 28.8 Å². The average molecular weight is 412 g/mol. The summed E-state index contributed by atoms with van der Waals surface area (Å²) < 4.78 is 30.2. The molecule has 3 aromatic rings. The Kier molecular flexibility index (Phi) is 6.13. The summed E-state index contributed by atoms with van der Waals surface area (Å²) in [5, 5.41) is 5.38. The molecule has 150 valence electrons. The molecule has 2 amide bonds. The van der Waals surface area contributed by atoms with Gasteiger partial charge in [-0.15, -0.1) is 0 Å². The van der Waals surface area contributed by atoms with Crippen LogP contribution in [0, 0.1) is 0 Å². The smallest absolute Gasteiger partial charge is 0.287 e. The first kappa shape index (κ1) is 20.3. The highest BCUT2D eigenvalue weighted by Gasteiger charge is 2.19. The van der Waals surface area contributed by atoms with Gasteiger partial charge < -0.3 is 15.1 Å². The van der Waals surface area contributed by atoms with Gasteiger partial charge in [0.1, 0.15) is 11.5 Å².